The summed E-state index contributed by atoms with van der Waals surface area (Å²) in [5.41, 5.74) is 25.6. The molecule has 86 heavy (non-hydrogen) atoms. The van der Waals surface area contributed by atoms with Gasteiger partial charge in [0.2, 0.25) is 0 Å². The Balaban J connectivity index is 0.974. The van der Waals surface area contributed by atoms with Gasteiger partial charge in [0.05, 0.1) is 17.1 Å². The van der Waals surface area contributed by atoms with Gasteiger partial charge in [0, 0.05) is 85.9 Å². The summed E-state index contributed by atoms with van der Waals surface area (Å²) in [5, 5.41) is 0. The van der Waals surface area contributed by atoms with Crippen LogP contribution >= 0.6 is 0 Å². The summed E-state index contributed by atoms with van der Waals surface area (Å²) < 4.78 is 7.77. The molecule has 402 valence electrons. The molecule has 0 amide bonds. The molecule has 0 aromatic heterocycles. The van der Waals surface area contributed by atoms with E-state index in [9.17, 15) is 0 Å². The Kier molecular flexibility index (Phi) is 11.7. The van der Waals surface area contributed by atoms with Gasteiger partial charge in [0.25, 0.3) is 13.4 Å². The average molecular weight is 1100 g/mol. The van der Waals surface area contributed by atoms with Crippen LogP contribution in [0.3, 0.4) is 0 Å². The van der Waals surface area contributed by atoms with Crippen LogP contribution in [0.2, 0.25) is 0 Å². The second-order valence-electron chi connectivity index (χ2n) is 22.4. The molecule has 0 atom stereocenters. The van der Waals surface area contributed by atoms with Crippen molar-refractivity contribution in [3.05, 3.63) is 322 Å². The minimum Gasteiger partial charge on any atom is -0.458 e. The molecule has 0 N–H and O–H groups in total. The molecule has 0 aliphatic carbocycles. The first-order chi connectivity index (χ1) is 42.7. The second-order valence-corrected chi connectivity index (χ2v) is 22.4. The molecule has 6 nitrogen and oxygen atoms in total. The Morgan fingerprint density at radius 1 is 0.244 bits per heavy atom. The Labute approximate surface area is 502 Å². The summed E-state index contributed by atoms with van der Waals surface area (Å²) in [6, 6.07) is 117. The van der Waals surface area contributed by atoms with E-state index >= 15 is 0 Å². The molecular formula is C78H53B2N5O. The van der Waals surface area contributed by atoms with E-state index in [0.717, 1.165) is 119 Å². The monoisotopic (exact) mass is 1100 g/mol. The van der Waals surface area contributed by atoms with E-state index in [-0.39, 0.29) is 13.4 Å². The Morgan fingerprint density at radius 3 is 1.13 bits per heavy atom. The number of ether oxygens (including phenoxy) is 1. The van der Waals surface area contributed by atoms with Gasteiger partial charge in [-0.2, -0.15) is 0 Å². The maximum atomic E-state index is 7.77. The summed E-state index contributed by atoms with van der Waals surface area (Å²) >= 11 is 0. The van der Waals surface area contributed by atoms with E-state index < -0.39 is 0 Å². The Morgan fingerprint density at radius 2 is 0.628 bits per heavy atom. The van der Waals surface area contributed by atoms with Crippen molar-refractivity contribution in [3.8, 4) is 22.6 Å². The molecule has 17 rings (SSSR count). The largest absolute Gasteiger partial charge is 0.458 e. The molecule has 13 aromatic rings. The van der Waals surface area contributed by atoms with Gasteiger partial charge in [-0.3, -0.25) is 0 Å². The summed E-state index contributed by atoms with van der Waals surface area (Å²) in [5.74, 6) is 1.65. The van der Waals surface area contributed by atoms with Crippen molar-refractivity contribution in [3.63, 3.8) is 0 Å². The highest BCUT2D eigenvalue weighted by molar-refractivity contribution is 7.02. The highest BCUT2D eigenvalue weighted by atomic mass is 16.5. The lowest BCUT2D eigenvalue weighted by atomic mass is 9.30. The van der Waals surface area contributed by atoms with Crippen molar-refractivity contribution < 1.29 is 4.74 Å². The van der Waals surface area contributed by atoms with E-state index in [4.69, 9.17) is 4.74 Å². The summed E-state index contributed by atoms with van der Waals surface area (Å²) in [4.78, 5) is 12.3. The van der Waals surface area contributed by atoms with Crippen molar-refractivity contribution in [1.82, 2.24) is 0 Å². The number of hydrogen-bond donors (Lipinski definition) is 0. The first kappa shape index (κ1) is 49.4. The number of fused-ring (bicyclic) bond motifs is 8. The first-order valence-electron chi connectivity index (χ1n) is 29.6. The first-order valence-corrected chi connectivity index (χ1v) is 29.6. The van der Waals surface area contributed by atoms with E-state index in [1.807, 2.05) is 0 Å². The molecule has 0 unspecified atom stereocenters. The predicted octanol–water partition coefficient (Wildman–Crippen LogP) is 16.8. The normalized spacial score (nSPS) is 12.9. The fourth-order valence-corrected chi connectivity index (χ4v) is 14.1. The molecule has 0 spiro atoms. The highest BCUT2D eigenvalue weighted by Crippen LogP contribution is 2.52. The van der Waals surface area contributed by atoms with Crippen molar-refractivity contribution in [2.75, 3.05) is 24.5 Å². The van der Waals surface area contributed by atoms with E-state index in [2.05, 4.69) is 346 Å². The molecule has 8 heteroatoms. The predicted molar refractivity (Wildman–Crippen MR) is 361 cm³/mol. The van der Waals surface area contributed by atoms with E-state index in [0.29, 0.717) is 0 Å². The number of anilines is 15. The minimum atomic E-state index is -0.181. The van der Waals surface area contributed by atoms with Crippen LogP contribution in [0.4, 0.5) is 85.3 Å². The third kappa shape index (κ3) is 7.91. The van der Waals surface area contributed by atoms with Crippen LogP contribution in [-0.4, -0.2) is 13.4 Å². The molecule has 0 saturated carbocycles. The van der Waals surface area contributed by atoms with Gasteiger partial charge >= 0.3 is 0 Å². The third-order valence-corrected chi connectivity index (χ3v) is 17.6. The van der Waals surface area contributed by atoms with Gasteiger partial charge in [0.1, 0.15) is 11.5 Å². The number of rotatable bonds is 10. The van der Waals surface area contributed by atoms with E-state index in [1.54, 1.807) is 0 Å². The second kappa shape index (κ2) is 20.3. The third-order valence-electron chi connectivity index (χ3n) is 17.6. The van der Waals surface area contributed by atoms with Crippen molar-refractivity contribution >= 4 is 132 Å². The summed E-state index contributed by atoms with van der Waals surface area (Å²) in [6.45, 7) is -0.361. The Hall–Kier alpha value is -11.2. The maximum absolute atomic E-state index is 7.77. The lowest BCUT2D eigenvalue weighted by molar-refractivity contribution is 0.488. The molecule has 4 aliphatic rings. The number of benzene rings is 13. The lowest BCUT2D eigenvalue weighted by Crippen LogP contribution is -2.64. The van der Waals surface area contributed by atoms with Crippen LogP contribution in [0, 0.1) is 0 Å². The zero-order chi connectivity index (χ0) is 56.7. The van der Waals surface area contributed by atoms with Crippen LogP contribution < -0.4 is 62.0 Å². The van der Waals surface area contributed by atoms with Crippen molar-refractivity contribution in [2.45, 2.75) is 0 Å². The zero-order valence-corrected chi connectivity index (χ0v) is 46.9. The van der Waals surface area contributed by atoms with Crippen LogP contribution in [0.5, 0.6) is 11.5 Å². The molecule has 13 aromatic carbocycles. The van der Waals surface area contributed by atoms with Crippen molar-refractivity contribution in [2.24, 2.45) is 0 Å². The molecular weight excluding hydrogens is 1040 g/mol. The minimum absolute atomic E-state index is 0.180. The van der Waals surface area contributed by atoms with Gasteiger partial charge in [-0.15, -0.1) is 0 Å². The smallest absolute Gasteiger partial charge is 0.256 e. The topological polar surface area (TPSA) is 25.4 Å². The fraction of sp³-hybridized carbons (Fsp3) is 0. The SMILES string of the molecule is c1ccc(-c2ccccc2N2c3cc4c(cc3B3c5ccccc5N(c5ccccc5)c5cc(N(c6ccccc6)c6ccccc6)cc2c53)B2c3ccccc3N(c3ccccc3)c3cc(N(c5ccccc5)c5ccccc5)cc(c32)O4)cc1. The number of para-hydroxylation sites is 9. The standard InChI is InChI=1S/C78H53B2N5O/c1-8-28-54(29-9-1)63-42-22-25-45-68(63)85-71-53-75-67(80-65-44-24-27-47-70(65)84(60-40-20-7-21-41-60)74-50-62(51-76(86-75)78(74)80)82(57-34-14-4-15-35-57)58-36-16-5-17-37-58)52-66(71)79-64-43-23-26-46-69(64)83(59-38-18-6-19-39-59)72-48-61(49-73(85)77(72)79)81(55-30-10-2-11-31-55)56-32-12-3-13-33-56/h1-53H. The van der Waals surface area contributed by atoms with Crippen LogP contribution in [0.1, 0.15) is 0 Å². The molecule has 0 saturated heterocycles. The van der Waals surface area contributed by atoms with Crippen LogP contribution in [0.15, 0.2) is 322 Å². The molecule has 0 radical (unpaired) electrons. The van der Waals surface area contributed by atoms with Crippen LogP contribution in [0.25, 0.3) is 11.1 Å². The molecule has 4 heterocycles. The van der Waals surface area contributed by atoms with Gasteiger partial charge in [-0.1, -0.05) is 200 Å². The number of nitrogens with zero attached hydrogens (tertiary/aromatic N) is 5. The lowest BCUT2D eigenvalue weighted by Gasteiger charge is -2.46. The Bertz CT molecular complexity index is 4630. The van der Waals surface area contributed by atoms with Gasteiger partial charge in [-0.05, 0) is 148 Å². The quantitative estimate of drug-likeness (QED) is 0.127. The molecule has 4 aliphatic heterocycles. The van der Waals surface area contributed by atoms with Gasteiger partial charge < -0.3 is 29.2 Å². The number of hydrogen-bond acceptors (Lipinski definition) is 6. The van der Waals surface area contributed by atoms with Crippen LogP contribution in [-0.2, 0) is 0 Å². The van der Waals surface area contributed by atoms with Gasteiger partial charge in [0.15, 0.2) is 0 Å². The zero-order valence-electron chi connectivity index (χ0n) is 46.9. The molecule has 0 bridgehead atoms. The highest BCUT2D eigenvalue weighted by Gasteiger charge is 2.48. The average Bonchev–Trinajstić information content (AvgIpc) is 0.812. The van der Waals surface area contributed by atoms with Gasteiger partial charge in [-0.25, -0.2) is 0 Å². The fourth-order valence-electron chi connectivity index (χ4n) is 14.1. The summed E-state index contributed by atoms with van der Waals surface area (Å²) in [6.07, 6.45) is 0. The van der Waals surface area contributed by atoms with Crippen molar-refractivity contribution in [1.29, 1.82) is 0 Å². The molecule has 0 fully saturated rings. The maximum Gasteiger partial charge on any atom is 0.256 e. The summed E-state index contributed by atoms with van der Waals surface area (Å²) in [7, 11) is 0. The van der Waals surface area contributed by atoms with E-state index in [1.165, 1.54) is 21.9 Å².